The van der Waals surface area contributed by atoms with Gasteiger partial charge in [-0.05, 0) is 51.4 Å². The van der Waals surface area contributed by atoms with Crippen LogP contribution in [0.5, 0.6) is 0 Å². The van der Waals surface area contributed by atoms with Gasteiger partial charge in [0.05, 0.1) is 57.3 Å². The van der Waals surface area contributed by atoms with Crippen LogP contribution in [0.15, 0.2) is 73.1 Å². The van der Waals surface area contributed by atoms with E-state index in [4.69, 9.17) is 14.2 Å². The quantitative estimate of drug-likeness (QED) is 0.146. The lowest BCUT2D eigenvalue weighted by molar-refractivity contribution is -0.144. The summed E-state index contributed by atoms with van der Waals surface area (Å²) in [6.07, 6.45) is 3.47. The number of carbonyl (C=O) groups is 3. The summed E-state index contributed by atoms with van der Waals surface area (Å²) in [7, 11) is 1.28. The average molecular weight is 748 g/mol. The van der Waals surface area contributed by atoms with E-state index in [0.29, 0.717) is 51.8 Å². The number of nitrogens with one attached hydrogen (secondary N) is 3. The van der Waals surface area contributed by atoms with Crippen LogP contribution in [0.4, 0.5) is 4.79 Å². The van der Waals surface area contributed by atoms with Gasteiger partial charge in [0.15, 0.2) is 0 Å². The van der Waals surface area contributed by atoms with Crippen molar-refractivity contribution in [3.05, 3.63) is 84.7 Å². The third kappa shape index (κ3) is 8.27. The molecule has 2 aliphatic rings. The monoisotopic (exact) mass is 747 g/mol. The maximum Gasteiger partial charge on any atom is 0.407 e. The number of imidazole rings is 2. The molecule has 2 aromatic heterocycles. The van der Waals surface area contributed by atoms with Gasteiger partial charge in [-0.15, -0.1) is 0 Å². The number of carbonyl (C=O) groups excluding carboxylic acids is 3. The number of fused-ring (bicyclic) bond motifs is 1. The van der Waals surface area contributed by atoms with Crippen LogP contribution in [0.25, 0.3) is 44.4 Å². The molecule has 13 heteroatoms. The molecule has 288 valence electrons. The highest BCUT2D eigenvalue weighted by molar-refractivity contribution is 5.91. The van der Waals surface area contributed by atoms with E-state index in [2.05, 4.69) is 99.8 Å². The standard InChI is InChI=1S/C42H49N7O6/c1-25(2)18-37(50)48-14-16-54-23-35(48)39-44-22-34(46-39)32-13-12-30-19-29(10-11-31(30)20-32)27-6-8-28(9-7-27)33-21-43-40(45-33)36-24-55-17-15-49(36)41(51)38(26(3)4)47-42(52)53-5/h6-13,19-22,25-26,35-36,38H,14-18,23-24H2,1-5H3,(H,43,45)(H,44,46)(H,47,52)/t35-,36-,38-/m0/s1. The maximum absolute atomic E-state index is 13.6. The fraction of sp³-hybridized carbons (Fsp3) is 0.405. The van der Waals surface area contributed by atoms with E-state index in [1.165, 1.54) is 7.11 Å². The van der Waals surface area contributed by atoms with Crippen molar-refractivity contribution in [2.24, 2.45) is 11.8 Å². The van der Waals surface area contributed by atoms with Gasteiger partial charge in [-0.1, -0.05) is 76.2 Å². The van der Waals surface area contributed by atoms with Crippen molar-refractivity contribution >= 4 is 28.7 Å². The molecule has 13 nitrogen and oxygen atoms in total. The van der Waals surface area contributed by atoms with Gasteiger partial charge in [-0.25, -0.2) is 14.8 Å². The molecule has 3 amide bonds. The lowest BCUT2D eigenvalue weighted by Gasteiger charge is -2.37. The summed E-state index contributed by atoms with van der Waals surface area (Å²) in [5.41, 5.74) is 5.87. The number of morpholine rings is 2. The van der Waals surface area contributed by atoms with E-state index in [0.717, 1.165) is 50.2 Å². The van der Waals surface area contributed by atoms with Gasteiger partial charge in [0.25, 0.3) is 0 Å². The van der Waals surface area contributed by atoms with Crippen molar-refractivity contribution in [3.8, 4) is 33.6 Å². The molecule has 3 aromatic carbocycles. The van der Waals surface area contributed by atoms with Crippen molar-refractivity contribution in [1.82, 2.24) is 35.1 Å². The third-order valence-corrected chi connectivity index (χ3v) is 10.3. The minimum absolute atomic E-state index is 0.132. The summed E-state index contributed by atoms with van der Waals surface area (Å²) in [6, 6.07) is 19.7. The summed E-state index contributed by atoms with van der Waals surface area (Å²) >= 11 is 0. The third-order valence-electron chi connectivity index (χ3n) is 10.3. The number of methoxy groups -OCH3 is 1. The molecule has 0 saturated carbocycles. The molecule has 2 fully saturated rings. The van der Waals surface area contributed by atoms with Gasteiger partial charge in [-0.2, -0.15) is 0 Å². The molecule has 3 atom stereocenters. The fourth-order valence-electron chi connectivity index (χ4n) is 7.31. The number of ether oxygens (including phenoxy) is 3. The predicted molar refractivity (Wildman–Crippen MR) is 209 cm³/mol. The first-order valence-corrected chi connectivity index (χ1v) is 18.9. The van der Waals surface area contributed by atoms with Crippen LogP contribution in [0.3, 0.4) is 0 Å². The Morgan fingerprint density at radius 2 is 1.29 bits per heavy atom. The Kier molecular flexibility index (Phi) is 11.3. The summed E-state index contributed by atoms with van der Waals surface area (Å²) < 4.78 is 16.3. The Balaban J connectivity index is 1.04. The minimum atomic E-state index is -0.737. The van der Waals surface area contributed by atoms with Crippen LogP contribution < -0.4 is 5.32 Å². The number of benzene rings is 3. The highest BCUT2D eigenvalue weighted by Gasteiger charge is 2.37. The number of H-pyrrole nitrogens is 2. The highest BCUT2D eigenvalue weighted by atomic mass is 16.5. The molecule has 7 rings (SSSR count). The van der Waals surface area contributed by atoms with Gasteiger partial charge < -0.3 is 39.3 Å². The first kappa shape index (κ1) is 37.8. The van der Waals surface area contributed by atoms with Crippen molar-refractivity contribution in [2.45, 2.75) is 52.2 Å². The molecule has 0 bridgehead atoms. The molecule has 2 saturated heterocycles. The molecule has 3 N–H and O–H groups in total. The van der Waals surface area contributed by atoms with Crippen LogP contribution in [0.2, 0.25) is 0 Å². The summed E-state index contributed by atoms with van der Waals surface area (Å²) in [4.78, 5) is 58.4. The SMILES string of the molecule is COC(=O)N[C@H](C(=O)N1CCOC[C@H]1c1ncc(-c2ccc(-c3ccc4cc(-c5cnc([C@@H]6COCCN6C(=O)CC(C)C)[nH]5)ccc4c3)cc2)[nH]1)C(C)C. The topological polar surface area (TPSA) is 155 Å². The van der Waals surface area contributed by atoms with E-state index < -0.39 is 18.2 Å². The van der Waals surface area contributed by atoms with Crippen LogP contribution >= 0.6 is 0 Å². The number of alkyl carbamates (subject to hydrolysis) is 1. The number of aromatic amines is 2. The first-order valence-electron chi connectivity index (χ1n) is 18.9. The summed E-state index contributed by atoms with van der Waals surface area (Å²) in [6.45, 7) is 10.5. The zero-order chi connectivity index (χ0) is 38.6. The Morgan fingerprint density at radius 1 is 0.764 bits per heavy atom. The Labute approximate surface area is 320 Å². The van der Waals surface area contributed by atoms with Gasteiger partial charge in [-0.3, -0.25) is 9.59 Å². The lowest BCUT2D eigenvalue weighted by atomic mass is 9.98. The van der Waals surface area contributed by atoms with Gasteiger partial charge >= 0.3 is 6.09 Å². The zero-order valence-electron chi connectivity index (χ0n) is 32.0. The Morgan fingerprint density at radius 3 is 1.89 bits per heavy atom. The second kappa shape index (κ2) is 16.5. The lowest BCUT2D eigenvalue weighted by Crippen LogP contribution is -2.54. The molecule has 55 heavy (non-hydrogen) atoms. The van der Waals surface area contributed by atoms with Crippen molar-refractivity contribution in [1.29, 1.82) is 0 Å². The molecule has 5 aromatic rings. The number of amides is 3. The number of nitrogens with zero attached hydrogens (tertiary/aromatic N) is 4. The second-order valence-corrected chi connectivity index (χ2v) is 15.0. The smallest absolute Gasteiger partial charge is 0.407 e. The summed E-state index contributed by atoms with van der Waals surface area (Å²) in [5, 5.41) is 4.90. The van der Waals surface area contributed by atoms with Crippen LogP contribution in [0.1, 0.15) is 57.8 Å². The molecule has 4 heterocycles. The largest absolute Gasteiger partial charge is 0.453 e. The minimum Gasteiger partial charge on any atom is -0.453 e. The molecular formula is C42H49N7O6. The number of hydrogen-bond acceptors (Lipinski definition) is 8. The van der Waals surface area contributed by atoms with Crippen LogP contribution in [-0.4, -0.2) is 100 Å². The van der Waals surface area contributed by atoms with E-state index in [9.17, 15) is 14.4 Å². The van der Waals surface area contributed by atoms with Crippen molar-refractivity contribution < 1.29 is 28.6 Å². The number of hydrogen-bond donors (Lipinski definition) is 3. The number of rotatable bonds is 10. The van der Waals surface area contributed by atoms with E-state index in [1.807, 2.05) is 24.9 Å². The maximum atomic E-state index is 13.6. The molecule has 2 aliphatic heterocycles. The molecule has 0 spiro atoms. The highest BCUT2D eigenvalue weighted by Crippen LogP contribution is 2.32. The predicted octanol–water partition coefficient (Wildman–Crippen LogP) is 6.51. The molecule has 0 unspecified atom stereocenters. The summed E-state index contributed by atoms with van der Waals surface area (Å²) in [5.74, 6) is 1.44. The normalized spacial score (nSPS) is 18.2. The molecule has 0 aliphatic carbocycles. The average Bonchev–Trinajstić information content (AvgIpc) is 3.90. The molecular weight excluding hydrogens is 699 g/mol. The molecule has 0 radical (unpaired) electrons. The van der Waals surface area contributed by atoms with E-state index in [1.54, 1.807) is 11.1 Å². The first-order chi connectivity index (χ1) is 26.6. The fourth-order valence-corrected chi connectivity index (χ4v) is 7.31. The van der Waals surface area contributed by atoms with Gasteiger partial charge in [0.1, 0.15) is 29.8 Å². The Hall–Kier alpha value is -5.53. The Bertz CT molecular complexity index is 2140. The van der Waals surface area contributed by atoms with Gasteiger partial charge in [0.2, 0.25) is 11.8 Å². The van der Waals surface area contributed by atoms with E-state index >= 15 is 0 Å². The van der Waals surface area contributed by atoms with Crippen molar-refractivity contribution in [2.75, 3.05) is 46.6 Å². The van der Waals surface area contributed by atoms with E-state index in [-0.39, 0.29) is 29.7 Å². The second-order valence-electron chi connectivity index (χ2n) is 15.0. The van der Waals surface area contributed by atoms with Crippen molar-refractivity contribution in [3.63, 3.8) is 0 Å². The number of aromatic nitrogens is 4. The van der Waals surface area contributed by atoms with Gasteiger partial charge in [0, 0.05) is 25.1 Å². The van der Waals surface area contributed by atoms with Crippen LogP contribution in [0, 0.1) is 11.8 Å². The van der Waals surface area contributed by atoms with Crippen LogP contribution in [-0.2, 0) is 23.8 Å². The zero-order valence-corrected chi connectivity index (χ0v) is 32.0.